The normalized spacial score (nSPS) is 18.6. The van der Waals surface area contributed by atoms with Gasteiger partial charge in [0.05, 0.1) is 0 Å². The molecule has 5 heteroatoms. The van der Waals surface area contributed by atoms with Gasteiger partial charge in [-0.05, 0) is 123 Å². The molecule has 0 radical (unpaired) electrons. The maximum absolute atomic E-state index is 10.2. The number of rotatable bonds is 10. The molecular weight excluding hydrogens is 484 g/mol. The fraction of sp³-hybridized carbons (Fsp3) is 0.471. The van der Waals surface area contributed by atoms with Gasteiger partial charge in [-0.15, -0.1) is 0 Å². The van der Waals surface area contributed by atoms with Crippen molar-refractivity contribution in [3.63, 3.8) is 0 Å². The second kappa shape index (κ2) is 13.3. The molecule has 1 aliphatic heterocycles. The van der Waals surface area contributed by atoms with Crippen LogP contribution in [0.1, 0.15) is 73.6 Å². The second-order valence-electron chi connectivity index (χ2n) is 11.5. The molecule has 1 aliphatic carbocycles. The van der Waals surface area contributed by atoms with Gasteiger partial charge in [-0.3, -0.25) is 4.90 Å². The van der Waals surface area contributed by atoms with Crippen LogP contribution in [0.25, 0.3) is 0 Å². The molecule has 1 saturated heterocycles. The number of phenolic OH excluding ortho intramolecular Hbond substituents is 2. The summed E-state index contributed by atoms with van der Waals surface area (Å²) in [6.07, 6.45) is 10.3. The van der Waals surface area contributed by atoms with E-state index in [1.54, 1.807) is 12.1 Å². The van der Waals surface area contributed by atoms with E-state index in [9.17, 15) is 10.2 Å². The highest BCUT2D eigenvalue weighted by Crippen LogP contribution is 2.38. The van der Waals surface area contributed by atoms with Crippen LogP contribution < -0.4 is 10.1 Å². The van der Waals surface area contributed by atoms with Gasteiger partial charge in [-0.25, -0.2) is 0 Å². The van der Waals surface area contributed by atoms with E-state index in [4.69, 9.17) is 4.74 Å². The van der Waals surface area contributed by atoms with E-state index in [2.05, 4.69) is 53.5 Å². The summed E-state index contributed by atoms with van der Waals surface area (Å²) in [4.78, 5) is 2.53. The second-order valence-corrected chi connectivity index (χ2v) is 11.5. The number of benzene rings is 3. The van der Waals surface area contributed by atoms with Crippen LogP contribution in [0.3, 0.4) is 0 Å². The van der Waals surface area contributed by atoms with Crippen LogP contribution in [-0.4, -0.2) is 47.4 Å². The summed E-state index contributed by atoms with van der Waals surface area (Å²) in [5, 5.41) is 23.8. The molecule has 3 aromatic carbocycles. The number of anilines is 1. The number of fused-ring (bicyclic) bond motifs is 1. The summed E-state index contributed by atoms with van der Waals surface area (Å²) in [7, 11) is 0. The first-order chi connectivity index (χ1) is 19.0. The van der Waals surface area contributed by atoms with Crippen molar-refractivity contribution < 1.29 is 14.9 Å². The third kappa shape index (κ3) is 7.69. The quantitative estimate of drug-likeness (QED) is 0.263. The minimum Gasteiger partial charge on any atom is -0.508 e. The number of aryl methyl sites for hydroxylation is 2. The SMILES string of the molecule is CC(CCc1ccc(OCCN2CCCCCC2)cc1)Nc1cc(O)ccc1C1CCc2cc(O)ccc2C1. The molecule has 2 unspecified atom stereocenters. The Labute approximate surface area is 233 Å². The fourth-order valence-electron chi connectivity index (χ4n) is 6.16. The summed E-state index contributed by atoms with van der Waals surface area (Å²) >= 11 is 0. The summed E-state index contributed by atoms with van der Waals surface area (Å²) in [6, 6.07) is 20.3. The Morgan fingerprint density at radius 2 is 1.64 bits per heavy atom. The Bertz CT molecular complexity index is 1200. The van der Waals surface area contributed by atoms with Crippen LogP contribution in [0.2, 0.25) is 0 Å². The molecule has 3 N–H and O–H groups in total. The number of hydrogen-bond acceptors (Lipinski definition) is 5. The minimum absolute atomic E-state index is 0.267. The van der Waals surface area contributed by atoms with E-state index >= 15 is 0 Å². The number of phenols is 2. The molecule has 0 spiro atoms. The maximum atomic E-state index is 10.2. The van der Waals surface area contributed by atoms with Crippen LogP contribution in [-0.2, 0) is 19.3 Å². The molecule has 1 heterocycles. The average molecular weight is 529 g/mol. The number of nitrogens with one attached hydrogen (secondary N) is 1. The molecule has 5 rings (SSSR count). The molecule has 3 aromatic rings. The van der Waals surface area contributed by atoms with Crippen LogP contribution >= 0.6 is 0 Å². The van der Waals surface area contributed by atoms with Gasteiger partial charge in [0.2, 0.25) is 0 Å². The molecule has 2 atom stereocenters. The Morgan fingerprint density at radius 3 is 2.44 bits per heavy atom. The van der Waals surface area contributed by atoms with Gasteiger partial charge in [0.25, 0.3) is 0 Å². The Balaban J connectivity index is 1.12. The topological polar surface area (TPSA) is 65.0 Å². The lowest BCUT2D eigenvalue weighted by molar-refractivity contribution is 0.214. The smallest absolute Gasteiger partial charge is 0.119 e. The number of aromatic hydroxyl groups is 2. The van der Waals surface area contributed by atoms with E-state index in [0.717, 1.165) is 56.7 Å². The zero-order valence-electron chi connectivity index (χ0n) is 23.4. The predicted molar refractivity (Wildman–Crippen MR) is 159 cm³/mol. The Hall–Kier alpha value is -3.18. The first kappa shape index (κ1) is 27.4. The number of nitrogens with zero attached hydrogens (tertiary/aromatic N) is 1. The van der Waals surface area contributed by atoms with E-state index in [-0.39, 0.29) is 6.04 Å². The maximum Gasteiger partial charge on any atom is 0.119 e. The van der Waals surface area contributed by atoms with Gasteiger partial charge < -0.3 is 20.3 Å². The van der Waals surface area contributed by atoms with Crippen molar-refractivity contribution in [2.75, 3.05) is 31.6 Å². The summed E-state index contributed by atoms with van der Waals surface area (Å²) in [5.41, 5.74) is 6.17. The van der Waals surface area contributed by atoms with Crippen molar-refractivity contribution in [1.82, 2.24) is 4.90 Å². The summed E-state index contributed by atoms with van der Waals surface area (Å²) in [5.74, 6) is 1.98. The molecule has 208 valence electrons. The third-order valence-corrected chi connectivity index (χ3v) is 8.46. The lowest BCUT2D eigenvalue weighted by atomic mass is 9.79. The third-order valence-electron chi connectivity index (χ3n) is 8.46. The predicted octanol–water partition coefficient (Wildman–Crippen LogP) is 7.06. The lowest BCUT2D eigenvalue weighted by Gasteiger charge is -2.28. The van der Waals surface area contributed by atoms with Crippen LogP contribution in [0.4, 0.5) is 5.69 Å². The molecule has 5 nitrogen and oxygen atoms in total. The molecule has 0 bridgehead atoms. The minimum atomic E-state index is 0.267. The highest BCUT2D eigenvalue weighted by molar-refractivity contribution is 5.58. The van der Waals surface area contributed by atoms with Crippen molar-refractivity contribution in [2.24, 2.45) is 0 Å². The molecule has 0 aromatic heterocycles. The summed E-state index contributed by atoms with van der Waals surface area (Å²) < 4.78 is 6.03. The van der Waals surface area contributed by atoms with Gasteiger partial charge in [-0.1, -0.05) is 37.1 Å². The average Bonchev–Trinajstić information content (AvgIpc) is 3.21. The van der Waals surface area contributed by atoms with Crippen molar-refractivity contribution in [2.45, 2.75) is 76.7 Å². The van der Waals surface area contributed by atoms with Crippen LogP contribution in [0.5, 0.6) is 17.2 Å². The molecule has 0 amide bonds. The standard InChI is InChI=1S/C34H44N2O3/c1-25(6-7-26-8-15-32(16-9-26)39-21-20-36-18-4-2-3-5-19-36)35-34-24-31(38)14-17-33(34)29-11-10-28-23-30(37)13-12-27(28)22-29/h8-9,12-17,23-25,29,35,37-38H,2-7,10-11,18-22H2,1H3. The number of ether oxygens (including phenoxy) is 1. The van der Waals surface area contributed by atoms with E-state index in [1.165, 1.54) is 61.0 Å². The van der Waals surface area contributed by atoms with Crippen molar-refractivity contribution >= 4 is 5.69 Å². The first-order valence-electron chi connectivity index (χ1n) is 14.9. The Kier molecular flexibility index (Phi) is 9.31. The van der Waals surface area contributed by atoms with E-state index in [1.807, 2.05) is 12.1 Å². The molecule has 2 aliphatic rings. The van der Waals surface area contributed by atoms with Gasteiger partial charge in [0.1, 0.15) is 23.9 Å². The number of hydrogen-bond donors (Lipinski definition) is 3. The molecule has 39 heavy (non-hydrogen) atoms. The van der Waals surface area contributed by atoms with E-state index < -0.39 is 0 Å². The van der Waals surface area contributed by atoms with E-state index in [0.29, 0.717) is 17.4 Å². The van der Waals surface area contributed by atoms with Crippen molar-refractivity contribution in [3.8, 4) is 17.2 Å². The highest BCUT2D eigenvalue weighted by Gasteiger charge is 2.23. The largest absolute Gasteiger partial charge is 0.508 e. The van der Waals surface area contributed by atoms with Crippen molar-refractivity contribution in [1.29, 1.82) is 0 Å². The Morgan fingerprint density at radius 1 is 0.897 bits per heavy atom. The van der Waals surface area contributed by atoms with Gasteiger partial charge in [-0.2, -0.15) is 0 Å². The van der Waals surface area contributed by atoms with Crippen LogP contribution in [0.15, 0.2) is 60.7 Å². The number of likely N-dealkylation sites (tertiary alicyclic amines) is 1. The van der Waals surface area contributed by atoms with Crippen LogP contribution in [0, 0.1) is 0 Å². The fourth-order valence-corrected chi connectivity index (χ4v) is 6.16. The van der Waals surface area contributed by atoms with Gasteiger partial charge >= 0.3 is 0 Å². The summed E-state index contributed by atoms with van der Waals surface area (Å²) in [6.45, 7) is 6.39. The lowest BCUT2D eigenvalue weighted by Crippen LogP contribution is -2.29. The zero-order valence-corrected chi connectivity index (χ0v) is 23.4. The highest BCUT2D eigenvalue weighted by atomic mass is 16.5. The molecular formula is C34H44N2O3. The van der Waals surface area contributed by atoms with Crippen molar-refractivity contribution in [3.05, 3.63) is 82.9 Å². The monoisotopic (exact) mass is 528 g/mol. The first-order valence-corrected chi connectivity index (χ1v) is 14.9. The zero-order chi connectivity index (χ0) is 27.0. The molecule has 1 fully saturated rings. The van der Waals surface area contributed by atoms with Gasteiger partial charge in [0, 0.05) is 24.3 Å². The molecule has 0 saturated carbocycles. The van der Waals surface area contributed by atoms with Gasteiger partial charge in [0.15, 0.2) is 0 Å².